The summed E-state index contributed by atoms with van der Waals surface area (Å²) in [4.78, 5) is 36.8. The van der Waals surface area contributed by atoms with Crippen molar-refractivity contribution in [2.45, 2.75) is 51.5 Å². The molecular weight excluding hydrogens is 384 g/mol. The van der Waals surface area contributed by atoms with Gasteiger partial charge in [-0.3, -0.25) is 24.0 Å². The summed E-state index contributed by atoms with van der Waals surface area (Å²) in [6, 6.07) is 5.28. The Bertz CT molecular complexity index is 1260. The van der Waals surface area contributed by atoms with E-state index in [0.717, 1.165) is 30.3 Å². The number of hydrogen-bond donors (Lipinski definition) is 0. The summed E-state index contributed by atoms with van der Waals surface area (Å²) in [6.45, 7) is 1.70. The molecule has 8 heteroatoms. The molecule has 30 heavy (non-hydrogen) atoms. The summed E-state index contributed by atoms with van der Waals surface area (Å²) in [6.07, 6.45) is 8.42. The van der Waals surface area contributed by atoms with Crippen LogP contribution in [0.15, 0.2) is 34.0 Å². The second kappa shape index (κ2) is 7.59. The van der Waals surface area contributed by atoms with Crippen LogP contribution in [0.4, 0.5) is 5.69 Å². The van der Waals surface area contributed by atoms with Crippen molar-refractivity contribution in [3.05, 3.63) is 60.9 Å². The van der Waals surface area contributed by atoms with Crippen molar-refractivity contribution in [2.24, 2.45) is 14.1 Å². The van der Waals surface area contributed by atoms with Gasteiger partial charge >= 0.3 is 5.69 Å². The third-order valence-corrected chi connectivity index (χ3v) is 6.36. The van der Waals surface area contributed by atoms with Gasteiger partial charge in [0.25, 0.3) is 11.2 Å². The van der Waals surface area contributed by atoms with E-state index < -0.39 is 4.92 Å². The van der Waals surface area contributed by atoms with Gasteiger partial charge < -0.3 is 4.57 Å². The summed E-state index contributed by atoms with van der Waals surface area (Å²) < 4.78 is 4.67. The van der Waals surface area contributed by atoms with E-state index in [9.17, 15) is 19.7 Å². The van der Waals surface area contributed by atoms with Crippen molar-refractivity contribution >= 4 is 16.6 Å². The minimum atomic E-state index is -0.395. The number of aromatic nitrogens is 3. The third kappa shape index (κ3) is 3.16. The van der Waals surface area contributed by atoms with Crippen LogP contribution in [0, 0.1) is 17.0 Å². The molecule has 2 aromatic heterocycles. The lowest BCUT2D eigenvalue weighted by Crippen LogP contribution is -2.36. The second-order valence-electron chi connectivity index (χ2n) is 8.25. The van der Waals surface area contributed by atoms with E-state index in [-0.39, 0.29) is 23.0 Å². The molecule has 1 aliphatic rings. The molecule has 0 unspecified atom stereocenters. The Morgan fingerprint density at radius 2 is 1.70 bits per heavy atom. The first-order valence-electron chi connectivity index (χ1n) is 10.4. The van der Waals surface area contributed by atoms with Gasteiger partial charge in [0, 0.05) is 43.5 Å². The molecule has 0 amide bonds. The topological polar surface area (TPSA) is 92.1 Å². The maximum absolute atomic E-state index is 13.1. The Hall–Kier alpha value is -3.16. The average Bonchev–Trinajstić information content (AvgIpc) is 2.92. The molecule has 3 aromatic rings. The SMILES string of the molecule is Cc1ccc(-c2c3c(=O)n(C)c(=O)n(C)c3cn2C2CCCCCC2)cc1[N+](=O)[O-]. The molecular formula is C22H26N4O4. The van der Waals surface area contributed by atoms with Crippen LogP contribution in [0.1, 0.15) is 50.1 Å². The molecule has 158 valence electrons. The van der Waals surface area contributed by atoms with Gasteiger partial charge in [-0.1, -0.05) is 37.8 Å². The Labute approximate surface area is 173 Å². The monoisotopic (exact) mass is 410 g/mol. The van der Waals surface area contributed by atoms with Gasteiger partial charge in [-0.25, -0.2) is 4.79 Å². The number of nitro benzene ring substituents is 1. The Morgan fingerprint density at radius 3 is 2.33 bits per heavy atom. The molecule has 0 atom stereocenters. The van der Waals surface area contributed by atoms with Crippen LogP contribution in [0.25, 0.3) is 22.2 Å². The van der Waals surface area contributed by atoms with Crippen molar-refractivity contribution in [3.8, 4) is 11.3 Å². The number of aryl methyl sites for hydroxylation is 2. The van der Waals surface area contributed by atoms with Crippen LogP contribution in [-0.2, 0) is 14.1 Å². The first-order valence-corrected chi connectivity index (χ1v) is 10.4. The minimum Gasteiger partial charge on any atom is -0.342 e. The van der Waals surface area contributed by atoms with Crippen LogP contribution in [0.3, 0.4) is 0 Å². The molecule has 4 rings (SSSR count). The molecule has 2 heterocycles. The van der Waals surface area contributed by atoms with Gasteiger partial charge in [0.05, 0.1) is 21.5 Å². The lowest BCUT2D eigenvalue weighted by Gasteiger charge is -2.20. The van der Waals surface area contributed by atoms with E-state index in [4.69, 9.17) is 0 Å². The number of fused-ring (bicyclic) bond motifs is 1. The highest BCUT2D eigenvalue weighted by Crippen LogP contribution is 2.37. The van der Waals surface area contributed by atoms with Crippen LogP contribution >= 0.6 is 0 Å². The van der Waals surface area contributed by atoms with Crippen LogP contribution in [-0.4, -0.2) is 18.6 Å². The molecule has 1 fully saturated rings. The Balaban J connectivity index is 2.09. The number of benzene rings is 1. The summed E-state index contributed by atoms with van der Waals surface area (Å²) >= 11 is 0. The van der Waals surface area contributed by atoms with Crippen molar-refractivity contribution in [1.29, 1.82) is 0 Å². The van der Waals surface area contributed by atoms with Crippen molar-refractivity contribution < 1.29 is 4.92 Å². The lowest BCUT2D eigenvalue weighted by molar-refractivity contribution is -0.385. The van der Waals surface area contributed by atoms with Crippen LogP contribution in [0.5, 0.6) is 0 Å². The van der Waals surface area contributed by atoms with E-state index in [2.05, 4.69) is 4.57 Å². The van der Waals surface area contributed by atoms with Crippen molar-refractivity contribution in [2.75, 3.05) is 0 Å². The van der Waals surface area contributed by atoms with E-state index in [0.29, 0.717) is 27.7 Å². The Morgan fingerprint density at radius 1 is 1.03 bits per heavy atom. The van der Waals surface area contributed by atoms with E-state index in [1.54, 1.807) is 26.1 Å². The predicted molar refractivity (Wildman–Crippen MR) is 116 cm³/mol. The molecule has 8 nitrogen and oxygen atoms in total. The minimum absolute atomic E-state index is 0.0240. The van der Waals surface area contributed by atoms with Crippen LogP contribution in [0.2, 0.25) is 0 Å². The van der Waals surface area contributed by atoms with Gasteiger partial charge in [0.2, 0.25) is 0 Å². The first-order chi connectivity index (χ1) is 14.3. The number of rotatable bonds is 3. The molecule has 0 aliphatic heterocycles. The molecule has 0 N–H and O–H groups in total. The molecule has 0 radical (unpaired) electrons. The lowest BCUT2D eigenvalue weighted by atomic mass is 10.0. The first kappa shape index (κ1) is 20.1. The van der Waals surface area contributed by atoms with Crippen molar-refractivity contribution in [3.63, 3.8) is 0 Å². The fourth-order valence-electron chi connectivity index (χ4n) is 4.63. The predicted octanol–water partition coefficient (Wildman–Crippen LogP) is 3.82. The second-order valence-corrected chi connectivity index (χ2v) is 8.25. The Kier molecular flexibility index (Phi) is 5.09. The summed E-state index contributed by atoms with van der Waals surface area (Å²) in [5, 5.41) is 12.0. The maximum Gasteiger partial charge on any atom is 0.330 e. The van der Waals surface area contributed by atoms with E-state index in [1.165, 1.54) is 24.5 Å². The fourth-order valence-corrected chi connectivity index (χ4v) is 4.63. The van der Waals surface area contributed by atoms with Crippen molar-refractivity contribution in [1.82, 2.24) is 13.7 Å². The zero-order chi connectivity index (χ0) is 21.6. The molecule has 1 saturated carbocycles. The number of nitrogens with zero attached hydrogens (tertiary/aromatic N) is 4. The third-order valence-electron chi connectivity index (χ3n) is 6.36. The van der Waals surface area contributed by atoms with Gasteiger partial charge in [-0.05, 0) is 19.8 Å². The van der Waals surface area contributed by atoms with Gasteiger partial charge in [0.15, 0.2) is 0 Å². The van der Waals surface area contributed by atoms with Gasteiger partial charge in [-0.2, -0.15) is 0 Å². The molecule has 0 saturated heterocycles. The van der Waals surface area contributed by atoms with Crippen LogP contribution < -0.4 is 11.2 Å². The number of hydrogen-bond acceptors (Lipinski definition) is 4. The maximum atomic E-state index is 13.1. The van der Waals surface area contributed by atoms with Gasteiger partial charge in [-0.15, -0.1) is 0 Å². The molecule has 0 bridgehead atoms. The smallest absolute Gasteiger partial charge is 0.330 e. The standard InChI is InChI=1S/C22H26N4O4/c1-14-10-11-15(12-17(14)26(29)30)20-19-18(23(2)22(28)24(3)21(19)27)13-25(20)16-8-6-4-5-7-9-16/h10-13,16H,4-9H2,1-3H3. The normalized spacial score (nSPS) is 15.4. The zero-order valence-electron chi connectivity index (χ0n) is 17.6. The summed E-state index contributed by atoms with van der Waals surface area (Å²) in [5.41, 5.74) is 1.69. The molecule has 1 aromatic carbocycles. The largest absolute Gasteiger partial charge is 0.342 e. The highest BCUT2D eigenvalue weighted by atomic mass is 16.6. The van der Waals surface area contributed by atoms with E-state index in [1.807, 2.05) is 12.3 Å². The average molecular weight is 410 g/mol. The fraction of sp³-hybridized carbons (Fsp3) is 0.455. The quantitative estimate of drug-likeness (QED) is 0.373. The molecule has 1 aliphatic carbocycles. The summed E-state index contributed by atoms with van der Waals surface area (Å²) in [7, 11) is 3.12. The zero-order valence-corrected chi connectivity index (χ0v) is 17.6. The number of nitro groups is 1. The summed E-state index contributed by atoms with van der Waals surface area (Å²) in [5.74, 6) is 0. The highest BCUT2D eigenvalue weighted by molar-refractivity contribution is 5.94. The van der Waals surface area contributed by atoms with Gasteiger partial charge in [0.1, 0.15) is 0 Å². The highest BCUT2D eigenvalue weighted by Gasteiger charge is 2.25. The molecule has 0 spiro atoms. The van der Waals surface area contributed by atoms with E-state index >= 15 is 0 Å².